The Bertz CT molecular complexity index is 567. The van der Waals surface area contributed by atoms with Crippen molar-refractivity contribution in [3.05, 3.63) is 65.7 Å². The van der Waals surface area contributed by atoms with Crippen molar-refractivity contribution < 1.29 is 0 Å². The smallest absolute Gasteiger partial charge is 0.0185 e. The molecule has 0 aromatic heterocycles. The number of rotatable bonds is 6. The maximum Gasteiger partial charge on any atom is 0.0185 e. The van der Waals surface area contributed by atoms with Crippen molar-refractivity contribution in [2.45, 2.75) is 36.6 Å². The van der Waals surface area contributed by atoms with E-state index in [-0.39, 0.29) is 0 Å². The molecule has 2 aromatic carbocycles. The third-order valence-electron chi connectivity index (χ3n) is 4.18. The Morgan fingerprint density at radius 2 is 1.86 bits per heavy atom. The molecule has 2 unspecified atom stereocenters. The Labute approximate surface area is 132 Å². The Morgan fingerprint density at radius 1 is 1.10 bits per heavy atom. The zero-order valence-electron chi connectivity index (χ0n) is 12.6. The lowest BCUT2D eigenvalue weighted by molar-refractivity contribution is 0.452. The van der Waals surface area contributed by atoms with Crippen molar-refractivity contribution >= 4 is 11.8 Å². The number of hydrogen-bond donors (Lipinski definition) is 1. The lowest BCUT2D eigenvalue weighted by Gasteiger charge is -2.25. The molecular weight excluding hydrogens is 274 g/mol. The van der Waals surface area contributed by atoms with E-state index in [1.165, 1.54) is 28.2 Å². The van der Waals surface area contributed by atoms with Crippen LogP contribution < -0.4 is 5.32 Å². The van der Waals surface area contributed by atoms with Crippen LogP contribution in [0.3, 0.4) is 0 Å². The van der Waals surface area contributed by atoms with Crippen molar-refractivity contribution in [1.82, 2.24) is 5.32 Å². The van der Waals surface area contributed by atoms with Gasteiger partial charge in [0.15, 0.2) is 0 Å². The molecule has 2 heteroatoms. The average Bonchev–Trinajstić information content (AvgIpc) is 2.96. The van der Waals surface area contributed by atoms with Crippen molar-refractivity contribution in [3.63, 3.8) is 0 Å². The third kappa shape index (κ3) is 3.50. The SMILES string of the molecule is CCCNC(Cc1ccccc1)C1CSc2ccccc21. The van der Waals surface area contributed by atoms with Crippen LogP contribution in [0.4, 0.5) is 0 Å². The second-order valence-electron chi connectivity index (χ2n) is 5.71. The number of thioether (sulfide) groups is 1. The largest absolute Gasteiger partial charge is 0.313 e. The summed E-state index contributed by atoms with van der Waals surface area (Å²) in [5.41, 5.74) is 2.97. The number of fused-ring (bicyclic) bond motifs is 1. The third-order valence-corrected chi connectivity index (χ3v) is 5.39. The normalized spacial score (nSPS) is 18.4. The van der Waals surface area contributed by atoms with Crippen LogP contribution in [0.25, 0.3) is 0 Å². The van der Waals surface area contributed by atoms with Gasteiger partial charge in [0.1, 0.15) is 0 Å². The van der Waals surface area contributed by atoms with E-state index >= 15 is 0 Å². The quantitative estimate of drug-likeness (QED) is 0.843. The lowest BCUT2D eigenvalue weighted by atomic mass is 9.89. The van der Waals surface area contributed by atoms with Gasteiger partial charge in [0, 0.05) is 22.6 Å². The molecular formula is C19H23NS. The van der Waals surface area contributed by atoms with Crippen LogP contribution in [0.2, 0.25) is 0 Å². The van der Waals surface area contributed by atoms with Gasteiger partial charge in [0.05, 0.1) is 0 Å². The van der Waals surface area contributed by atoms with Gasteiger partial charge in [-0.1, -0.05) is 55.5 Å². The molecule has 0 aliphatic carbocycles. The molecule has 0 bridgehead atoms. The Kier molecular flexibility index (Phi) is 5.00. The molecule has 0 fully saturated rings. The van der Waals surface area contributed by atoms with Gasteiger partial charge >= 0.3 is 0 Å². The van der Waals surface area contributed by atoms with E-state index in [0.29, 0.717) is 12.0 Å². The minimum Gasteiger partial charge on any atom is -0.313 e. The van der Waals surface area contributed by atoms with Crippen LogP contribution in [0.5, 0.6) is 0 Å². The highest BCUT2D eigenvalue weighted by atomic mass is 32.2. The summed E-state index contributed by atoms with van der Waals surface area (Å²) in [6.07, 6.45) is 2.30. The predicted octanol–water partition coefficient (Wildman–Crippen LogP) is 4.49. The molecule has 1 heterocycles. The number of hydrogen-bond acceptors (Lipinski definition) is 2. The summed E-state index contributed by atoms with van der Waals surface area (Å²) in [6, 6.07) is 20.3. The van der Waals surface area contributed by atoms with Crippen molar-refractivity contribution in [1.29, 1.82) is 0 Å². The molecule has 1 N–H and O–H groups in total. The molecule has 1 aliphatic heterocycles. The van der Waals surface area contributed by atoms with Crippen LogP contribution in [0.15, 0.2) is 59.5 Å². The Morgan fingerprint density at radius 3 is 2.67 bits per heavy atom. The highest BCUT2D eigenvalue weighted by Gasteiger charge is 2.29. The fraction of sp³-hybridized carbons (Fsp3) is 0.368. The summed E-state index contributed by atoms with van der Waals surface area (Å²) >= 11 is 2.01. The Balaban J connectivity index is 1.80. The van der Waals surface area contributed by atoms with E-state index in [2.05, 4.69) is 66.8 Å². The molecule has 0 spiro atoms. The van der Waals surface area contributed by atoms with Crippen LogP contribution in [0.1, 0.15) is 30.4 Å². The number of benzene rings is 2. The monoisotopic (exact) mass is 297 g/mol. The molecule has 1 nitrogen and oxygen atoms in total. The van der Waals surface area contributed by atoms with E-state index in [9.17, 15) is 0 Å². The van der Waals surface area contributed by atoms with Gasteiger partial charge in [0.25, 0.3) is 0 Å². The van der Waals surface area contributed by atoms with Gasteiger partial charge in [-0.3, -0.25) is 0 Å². The standard InChI is InChI=1S/C19H23NS/c1-2-12-20-18(13-15-8-4-3-5-9-15)17-14-21-19-11-7-6-10-16(17)19/h3-11,17-18,20H,2,12-14H2,1H3. The predicted molar refractivity (Wildman–Crippen MR) is 92.1 cm³/mol. The minimum atomic E-state index is 0.531. The fourth-order valence-corrected chi connectivity index (χ4v) is 4.41. The first kappa shape index (κ1) is 14.7. The summed E-state index contributed by atoms with van der Waals surface area (Å²) in [6.45, 7) is 3.34. The van der Waals surface area contributed by atoms with E-state index in [1.54, 1.807) is 0 Å². The second kappa shape index (κ2) is 7.15. The first-order valence-corrected chi connectivity index (χ1v) is 8.86. The zero-order valence-corrected chi connectivity index (χ0v) is 13.4. The van der Waals surface area contributed by atoms with Crippen molar-refractivity contribution in [2.24, 2.45) is 0 Å². The van der Waals surface area contributed by atoms with E-state index in [1.807, 2.05) is 11.8 Å². The van der Waals surface area contributed by atoms with Gasteiger partial charge in [-0.05, 0) is 36.6 Å². The molecule has 0 amide bonds. The zero-order chi connectivity index (χ0) is 14.5. The lowest BCUT2D eigenvalue weighted by Crippen LogP contribution is -2.37. The van der Waals surface area contributed by atoms with E-state index in [4.69, 9.17) is 0 Å². The maximum absolute atomic E-state index is 3.79. The first-order valence-electron chi connectivity index (χ1n) is 7.87. The van der Waals surface area contributed by atoms with Gasteiger partial charge in [-0.2, -0.15) is 0 Å². The highest BCUT2D eigenvalue weighted by Crippen LogP contribution is 2.41. The van der Waals surface area contributed by atoms with Gasteiger partial charge in [-0.25, -0.2) is 0 Å². The average molecular weight is 297 g/mol. The van der Waals surface area contributed by atoms with Gasteiger partial charge in [0.2, 0.25) is 0 Å². The Hall–Kier alpha value is -1.25. The summed E-state index contributed by atoms with van der Waals surface area (Å²) in [4.78, 5) is 1.47. The second-order valence-corrected chi connectivity index (χ2v) is 6.77. The van der Waals surface area contributed by atoms with Crippen molar-refractivity contribution in [3.8, 4) is 0 Å². The molecule has 3 rings (SSSR count). The summed E-state index contributed by atoms with van der Waals surface area (Å²) in [5, 5.41) is 3.79. The molecule has 1 aliphatic rings. The molecule has 0 saturated carbocycles. The molecule has 0 saturated heterocycles. The molecule has 21 heavy (non-hydrogen) atoms. The topological polar surface area (TPSA) is 12.0 Å². The van der Waals surface area contributed by atoms with E-state index < -0.39 is 0 Å². The van der Waals surface area contributed by atoms with Gasteiger partial charge < -0.3 is 5.32 Å². The van der Waals surface area contributed by atoms with Crippen LogP contribution in [-0.2, 0) is 6.42 Å². The number of nitrogens with one attached hydrogen (secondary N) is 1. The fourth-order valence-electron chi connectivity index (χ4n) is 3.07. The maximum atomic E-state index is 3.79. The molecule has 110 valence electrons. The van der Waals surface area contributed by atoms with Crippen LogP contribution in [0, 0.1) is 0 Å². The van der Waals surface area contributed by atoms with Crippen LogP contribution >= 0.6 is 11.8 Å². The molecule has 0 radical (unpaired) electrons. The van der Waals surface area contributed by atoms with Gasteiger partial charge in [-0.15, -0.1) is 11.8 Å². The minimum absolute atomic E-state index is 0.531. The highest BCUT2D eigenvalue weighted by molar-refractivity contribution is 7.99. The molecule has 2 aromatic rings. The summed E-state index contributed by atoms with van der Waals surface area (Å²) in [7, 11) is 0. The van der Waals surface area contributed by atoms with Crippen LogP contribution in [-0.4, -0.2) is 18.3 Å². The summed E-state index contributed by atoms with van der Waals surface area (Å²) in [5.74, 6) is 1.83. The van der Waals surface area contributed by atoms with E-state index in [0.717, 1.165) is 13.0 Å². The summed E-state index contributed by atoms with van der Waals surface area (Å²) < 4.78 is 0. The first-order chi connectivity index (χ1) is 10.4. The van der Waals surface area contributed by atoms with Crippen molar-refractivity contribution in [2.75, 3.05) is 12.3 Å². The molecule has 2 atom stereocenters.